The normalized spacial score (nSPS) is 17.7. The molecule has 0 bridgehead atoms. The predicted molar refractivity (Wildman–Crippen MR) is 85.6 cm³/mol. The van der Waals surface area contributed by atoms with Crippen molar-refractivity contribution in [2.75, 3.05) is 13.1 Å². The van der Waals surface area contributed by atoms with E-state index in [-0.39, 0.29) is 0 Å². The minimum atomic E-state index is -1.07. The van der Waals surface area contributed by atoms with Gasteiger partial charge in [0.25, 0.3) is 0 Å². The van der Waals surface area contributed by atoms with Gasteiger partial charge in [-0.05, 0) is 37.8 Å². The van der Waals surface area contributed by atoms with Gasteiger partial charge in [0.1, 0.15) is 5.54 Å². The maximum absolute atomic E-state index is 11.9. The number of hydrogen-bond donors (Lipinski definition) is 2. The molecule has 1 atom stereocenters. The highest BCUT2D eigenvalue weighted by molar-refractivity contribution is 5.85. The molecule has 1 amide bonds. The average molecular weight is 289 g/mol. The standard InChI is InChI=1S/C17H27N3O/c1-2-3-12-20(15-9-10-15)13-11-17(19,16(18)21)14-7-5-4-6-8-14/h4-8,15H,2-3,9-13,19H2,1H3,(H2,18,21). The van der Waals surface area contributed by atoms with Gasteiger partial charge in [-0.15, -0.1) is 0 Å². The second-order valence-corrected chi connectivity index (χ2v) is 6.07. The van der Waals surface area contributed by atoms with E-state index in [0.29, 0.717) is 12.5 Å². The number of rotatable bonds is 9. The van der Waals surface area contributed by atoms with Crippen LogP contribution < -0.4 is 11.5 Å². The molecule has 1 aliphatic rings. The second kappa shape index (κ2) is 7.05. The van der Waals surface area contributed by atoms with Crippen molar-refractivity contribution in [1.29, 1.82) is 0 Å². The van der Waals surface area contributed by atoms with E-state index in [2.05, 4.69) is 11.8 Å². The van der Waals surface area contributed by atoms with E-state index in [1.807, 2.05) is 30.3 Å². The summed E-state index contributed by atoms with van der Waals surface area (Å²) in [7, 11) is 0. The molecule has 1 aliphatic carbocycles. The summed E-state index contributed by atoms with van der Waals surface area (Å²) in [6.07, 6.45) is 5.49. The van der Waals surface area contributed by atoms with E-state index < -0.39 is 11.4 Å². The Morgan fingerprint density at radius 2 is 1.95 bits per heavy atom. The molecule has 1 fully saturated rings. The van der Waals surface area contributed by atoms with Gasteiger partial charge in [-0.25, -0.2) is 0 Å². The molecule has 0 aliphatic heterocycles. The number of benzene rings is 1. The first-order chi connectivity index (χ1) is 10.1. The van der Waals surface area contributed by atoms with Crippen molar-refractivity contribution in [1.82, 2.24) is 4.90 Å². The van der Waals surface area contributed by atoms with Crippen LogP contribution in [-0.4, -0.2) is 29.9 Å². The molecule has 1 saturated carbocycles. The van der Waals surface area contributed by atoms with Gasteiger partial charge in [0.2, 0.25) is 5.91 Å². The summed E-state index contributed by atoms with van der Waals surface area (Å²) >= 11 is 0. The molecule has 21 heavy (non-hydrogen) atoms. The van der Waals surface area contributed by atoms with Crippen LogP contribution in [0.25, 0.3) is 0 Å². The van der Waals surface area contributed by atoms with Crippen molar-refractivity contribution >= 4 is 5.91 Å². The summed E-state index contributed by atoms with van der Waals surface area (Å²) in [6, 6.07) is 10.2. The molecule has 0 heterocycles. The first-order valence-electron chi connectivity index (χ1n) is 7.96. The average Bonchev–Trinajstić information content (AvgIpc) is 3.32. The van der Waals surface area contributed by atoms with Crippen molar-refractivity contribution in [2.45, 2.75) is 50.6 Å². The molecule has 0 aromatic heterocycles. The zero-order chi connectivity index (χ0) is 15.3. The molecule has 2 rings (SSSR count). The number of hydrogen-bond acceptors (Lipinski definition) is 3. The van der Waals surface area contributed by atoms with Gasteiger partial charge in [0, 0.05) is 12.6 Å². The van der Waals surface area contributed by atoms with Crippen LogP contribution in [0.2, 0.25) is 0 Å². The third-order valence-electron chi connectivity index (χ3n) is 4.38. The molecule has 1 aromatic carbocycles. The largest absolute Gasteiger partial charge is 0.368 e. The van der Waals surface area contributed by atoms with Crippen molar-refractivity contribution in [3.05, 3.63) is 35.9 Å². The minimum Gasteiger partial charge on any atom is -0.368 e. The highest BCUT2D eigenvalue weighted by Crippen LogP contribution is 2.29. The summed E-state index contributed by atoms with van der Waals surface area (Å²) in [5.74, 6) is -0.445. The smallest absolute Gasteiger partial charge is 0.242 e. The topological polar surface area (TPSA) is 72.3 Å². The van der Waals surface area contributed by atoms with E-state index in [0.717, 1.165) is 18.7 Å². The number of primary amides is 1. The van der Waals surface area contributed by atoms with Crippen LogP contribution in [0.1, 0.15) is 44.6 Å². The molecular weight excluding hydrogens is 262 g/mol. The Kier molecular flexibility index (Phi) is 5.37. The lowest BCUT2D eigenvalue weighted by Gasteiger charge is -2.30. The number of carbonyl (C=O) groups excluding carboxylic acids is 1. The number of nitrogens with two attached hydrogens (primary N) is 2. The molecule has 0 spiro atoms. The minimum absolute atomic E-state index is 0.445. The Labute approximate surface area is 127 Å². The maximum Gasteiger partial charge on any atom is 0.242 e. The van der Waals surface area contributed by atoms with Gasteiger partial charge in [0.15, 0.2) is 0 Å². The Bertz CT molecular complexity index is 458. The van der Waals surface area contributed by atoms with Crippen molar-refractivity contribution in [2.24, 2.45) is 11.5 Å². The lowest BCUT2D eigenvalue weighted by Crippen LogP contribution is -2.51. The van der Waals surface area contributed by atoms with Crippen LogP contribution in [0.4, 0.5) is 0 Å². The molecular formula is C17H27N3O. The van der Waals surface area contributed by atoms with Crippen LogP contribution in [0.15, 0.2) is 30.3 Å². The van der Waals surface area contributed by atoms with Crippen LogP contribution in [0.5, 0.6) is 0 Å². The Morgan fingerprint density at radius 3 is 2.48 bits per heavy atom. The lowest BCUT2D eigenvalue weighted by atomic mass is 9.86. The van der Waals surface area contributed by atoms with E-state index in [9.17, 15) is 4.79 Å². The van der Waals surface area contributed by atoms with Crippen LogP contribution in [0.3, 0.4) is 0 Å². The van der Waals surface area contributed by atoms with Gasteiger partial charge >= 0.3 is 0 Å². The monoisotopic (exact) mass is 289 g/mol. The maximum atomic E-state index is 11.9. The molecule has 116 valence electrons. The molecule has 4 N–H and O–H groups in total. The zero-order valence-electron chi connectivity index (χ0n) is 12.9. The fourth-order valence-corrected chi connectivity index (χ4v) is 2.74. The van der Waals surface area contributed by atoms with E-state index in [4.69, 9.17) is 11.5 Å². The first-order valence-corrected chi connectivity index (χ1v) is 7.96. The van der Waals surface area contributed by atoms with E-state index in [1.54, 1.807) is 0 Å². The molecule has 1 unspecified atom stereocenters. The fourth-order valence-electron chi connectivity index (χ4n) is 2.74. The summed E-state index contributed by atoms with van der Waals surface area (Å²) in [5, 5.41) is 0. The summed E-state index contributed by atoms with van der Waals surface area (Å²) in [6.45, 7) is 4.12. The Balaban J connectivity index is 2.04. The summed E-state index contributed by atoms with van der Waals surface area (Å²) < 4.78 is 0. The number of amides is 1. The first kappa shape index (κ1) is 16.0. The quantitative estimate of drug-likeness (QED) is 0.730. The van der Waals surface area contributed by atoms with E-state index >= 15 is 0 Å². The SMILES string of the molecule is CCCCN(CCC(N)(C(N)=O)c1ccccc1)C1CC1. The molecule has 4 nitrogen and oxygen atoms in total. The summed E-state index contributed by atoms with van der Waals surface area (Å²) in [4.78, 5) is 14.4. The fraction of sp³-hybridized carbons (Fsp3) is 0.588. The van der Waals surface area contributed by atoms with Gasteiger partial charge < -0.3 is 16.4 Å². The lowest BCUT2D eigenvalue weighted by molar-refractivity contribution is -0.123. The van der Waals surface area contributed by atoms with Crippen LogP contribution >= 0.6 is 0 Å². The zero-order valence-corrected chi connectivity index (χ0v) is 12.9. The molecule has 0 saturated heterocycles. The van der Waals surface area contributed by atoms with Gasteiger partial charge in [-0.3, -0.25) is 4.79 Å². The number of nitrogens with zero attached hydrogens (tertiary/aromatic N) is 1. The molecule has 0 radical (unpaired) electrons. The van der Waals surface area contributed by atoms with Crippen LogP contribution in [0, 0.1) is 0 Å². The Morgan fingerprint density at radius 1 is 1.29 bits per heavy atom. The van der Waals surface area contributed by atoms with Crippen molar-refractivity contribution in [3.8, 4) is 0 Å². The molecule has 4 heteroatoms. The van der Waals surface area contributed by atoms with Gasteiger partial charge in [0.05, 0.1) is 0 Å². The summed E-state index contributed by atoms with van der Waals surface area (Å²) in [5.41, 5.74) is 11.7. The van der Waals surface area contributed by atoms with Crippen LogP contribution in [-0.2, 0) is 10.3 Å². The molecule has 1 aromatic rings. The third kappa shape index (κ3) is 4.05. The van der Waals surface area contributed by atoms with E-state index in [1.165, 1.54) is 25.7 Å². The third-order valence-corrected chi connectivity index (χ3v) is 4.38. The van der Waals surface area contributed by atoms with Gasteiger partial charge in [-0.2, -0.15) is 0 Å². The number of carbonyl (C=O) groups is 1. The van der Waals surface area contributed by atoms with Crippen molar-refractivity contribution < 1.29 is 4.79 Å². The second-order valence-electron chi connectivity index (χ2n) is 6.07. The highest BCUT2D eigenvalue weighted by atomic mass is 16.1. The number of unbranched alkanes of at least 4 members (excludes halogenated alkanes) is 1. The highest BCUT2D eigenvalue weighted by Gasteiger charge is 2.36. The van der Waals surface area contributed by atoms with Gasteiger partial charge in [-0.1, -0.05) is 43.7 Å². The Hall–Kier alpha value is -1.39. The predicted octanol–water partition coefficient (Wildman–Crippen LogP) is 1.98. The van der Waals surface area contributed by atoms with Crippen molar-refractivity contribution in [3.63, 3.8) is 0 Å².